The number of aliphatic imine (C=N–C) groups is 1. The molecule has 0 bridgehead atoms. The number of carbonyl (C=O) groups excluding carboxylic acids is 1. The second kappa shape index (κ2) is 4.58. The fourth-order valence-electron chi connectivity index (χ4n) is 2.66. The number of benzene rings is 1. The van der Waals surface area contributed by atoms with Gasteiger partial charge in [0.25, 0.3) is 0 Å². The Morgan fingerprint density at radius 2 is 2.00 bits per heavy atom. The Hall–Kier alpha value is -1.60. The lowest BCUT2D eigenvalue weighted by Gasteiger charge is -2.39. The predicted octanol–water partition coefficient (Wildman–Crippen LogP) is 3.33. The molecule has 2 saturated carbocycles. The van der Waals surface area contributed by atoms with E-state index < -0.39 is 0 Å². The molecule has 3 nitrogen and oxygen atoms in total. The van der Waals surface area contributed by atoms with E-state index in [2.05, 4.69) is 4.99 Å². The third-order valence-electron chi connectivity index (χ3n) is 4.17. The molecule has 0 aromatic heterocycles. The standard InChI is InChI=1S/C15H17NO2/c17-11-16-15(9-4-10-15)13-7-1-2-8-14(13)18-12-5-3-6-12/h1-2,7-8,12H,3-6,9-10H2. The van der Waals surface area contributed by atoms with Gasteiger partial charge in [0.15, 0.2) is 0 Å². The van der Waals surface area contributed by atoms with Gasteiger partial charge in [0.1, 0.15) is 11.3 Å². The smallest absolute Gasteiger partial charge is 0.235 e. The lowest BCUT2D eigenvalue weighted by Crippen LogP contribution is -2.33. The molecular weight excluding hydrogens is 226 g/mol. The number of isocyanates is 1. The SMILES string of the molecule is O=C=NC1(c2ccccc2OC2CCC2)CCC1. The molecular formula is C15H17NO2. The third kappa shape index (κ3) is 1.85. The van der Waals surface area contributed by atoms with E-state index in [1.54, 1.807) is 6.08 Å². The highest BCUT2D eigenvalue weighted by Gasteiger charge is 2.41. The van der Waals surface area contributed by atoms with Crippen LogP contribution in [0, 0.1) is 0 Å². The van der Waals surface area contributed by atoms with Crippen molar-refractivity contribution < 1.29 is 9.53 Å². The van der Waals surface area contributed by atoms with Crippen LogP contribution < -0.4 is 4.74 Å². The number of nitrogens with zero attached hydrogens (tertiary/aromatic N) is 1. The first-order valence-corrected chi connectivity index (χ1v) is 6.69. The second-order valence-electron chi connectivity index (χ2n) is 5.26. The predicted molar refractivity (Wildman–Crippen MR) is 68.4 cm³/mol. The summed E-state index contributed by atoms with van der Waals surface area (Å²) in [5.74, 6) is 0.904. The molecule has 0 heterocycles. The zero-order valence-electron chi connectivity index (χ0n) is 10.4. The molecule has 0 aliphatic heterocycles. The van der Waals surface area contributed by atoms with Crippen molar-refractivity contribution >= 4 is 6.08 Å². The minimum atomic E-state index is -0.359. The Bertz CT molecular complexity index is 483. The van der Waals surface area contributed by atoms with E-state index in [4.69, 9.17) is 4.74 Å². The van der Waals surface area contributed by atoms with Crippen LogP contribution in [0.15, 0.2) is 29.3 Å². The van der Waals surface area contributed by atoms with Gasteiger partial charge in [0, 0.05) is 5.56 Å². The third-order valence-corrected chi connectivity index (χ3v) is 4.17. The summed E-state index contributed by atoms with van der Waals surface area (Å²) in [6, 6.07) is 8.00. The highest BCUT2D eigenvalue weighted by molar-refractivity contribution is 5.45. The van der Waals surface area contributed by atoms with Gasteiger partial charge in [0.2, 0.25) is 6.08 Å². The van der Waals surface area contributed by atoms with Crippen LogP contribution in [0.5, 0.6) is 5.75 Å². The Morgan fingerprint density at radius 1 is 1.22 bits per heavy atom. The van der Waals surface area contributed by atoms with E-state index in [0.29, 0.717) is 6.10 Å². The summed E-state index contributed by atoms with van der Waals surface area (Å²) < 4.78 is 6.02. The van der Waals surface area contributed by atoms with Gasteiger partial charge in [-0.3, -0.25) is 0 Å². The molecule has 1 aromatic carbocycles. The van der Waals surface area contributed by atoms with Gasteiger partial charge in [0.05, 0.1) is 6.10 Å². The lowest BCUT2D eigenvalue weighted by molar-refractivity contribution is 0.114. The van der Waals surface area contributed by atoms with E-state index in [-0.39, 0.29) is 5.54 Å². The van der Waals surface area contributed by atoms with Crippen molar-refractivity contribution in [2.75, 3.05) is 0 Å². The second-order valence-corrected chi connectivity index (χ2v) is 5.26. The molecule has 0 atom stereocenters. The Labute approximate surface area is 107 Å². The van der Waals surface area contributed by atoms with Gasteiger partial charge in [-0.05, 0) is 44.6 Å². The van der Waals surface area contributed by atoms with Crippen LogP contribution in [0.3, 0.4) is 0 Å². The monoisotopic (exact) mass is 243 g/mol. The minimum Gasteiger partial charge on any atom is -0.490 e. The van der Waals surface area contributed by atoms with Gasteiger partial charge < -0.3 is 4.74 Å². The fraction of sp³-hybridized carbons (Fsp3) is 0.533. The molecule has 2 aliphatic carbocycles. The molecule has 0 unspecified atom stereocenters. The topological polar surface area (TPSA) is 38.7 Å². The average molecular weight is 243 g/mol. The quantitative estimate of drug-likeness (QED) is 0.601. The van der Waals surface area contributed by atoms with Crippen molar-refractivity contribution in [3.05, 3.63) is 29.8 Å². The van der Waals surface area contributed by atoms with Crippen LogP contribution in [0.25, 0.3) is 0 Å². The fourth-order valence-corrected chi connectivity index (χ4v) is 2.66. The van der Waals surface area contributed by atoms with Crippen molar-refractivity contribution in [3.63, 3.8) is 0 Å². The summed E-state index contributed by atoms with van der Waals surface area (Å²) in [5.41, 5.74) is 0.703. The van der Waals surface area contributed by atoms with Crippen LogP contribution in [0.2, 0.25) is 0 Å². The van der Waals surface area contributed by atoms with Crippen LogP contribution in [-0.4, -0.2) is 12.2 Å². The maximum atomic E-state index is 10.7. The molecule has 3 heteroatoms. The number of rotatable bonds is 4. The molecule has 0 spiro atoms. The highest BCUT2D eigenvalue weighted by Crippen LogP contribution is 2.48. The van der Waals surface area contributed by atoms with E-state index in [1.165, 1.54) is 6.42 Å². The summed E-state index contributed by atoms with van der Waals surface area (Å²) in [4.78, 5) is 14.7. The van der Waals surface area contributed by atoms with Crippen LogP contribution >= 0.6 is 0 Å². The first kappa shape index (κ1) is 11.5. The van der Waals surface area contributed by atoms with Crippen molar-refractivity contribution in [3.8, 4) is 5.75 Å². The minimum absolute atomic E-state index is 0.350. The van der Waals surface area contributed by atoms with Gasteiger partial charge in [-0.15, -0.1) is 0 Å². The zero-order chi connectivity index (χ0) is 12.4. The first-order chi connectivity index (χ1) is 8.84. The van der Waals surface area contributed by atoms with Crippen molar-refractivity contribution in [2.45, 2.75) is 50.2 Å². The zero-order valence-corrected chi connectivity index (χ0v) is 10.4. The normalized spacial score (nSPS) is 21.3. The van der Waals surface area contributed by atoms with Crippen molar-refractivity contribution in [1.82, 2.24) is 0 Å². The van der Waals surface area contributed by atoms with E-state index >= 15 is 0 Å². The van der Waals surface area contributed by atoms with Crippen LogP contribution in [-0.2, 0) is 10.3 Å². The van der Waals surface area contributed by atoms with E-state index in [9.17, 15) is 4.79 Å². The number of para-hydroxylation sites is 1. The molecule has 0 amide bonds. The van der Waals surface area contributed by atoms with Crippen LogP contribution in [0.1, 0.15) is 44.1 Å². The van der Waals surface area contributed by atoms with Crippen LogP contribution in [0.4, 0.5) is 0 Å². The Balaban J connectivity index is 1.92. The van der Waals surface area contributed by atoms with Crippen molar-refractivity contribution in [2.24, 2.45) is 4.99 Å². The maximum Gasteiger partial charge on any atom is 0.235 e. The Morgan fingerprint density at radius 3 is 2.56 bits per heavy atom. The molecule has 0 radical (unpaired) electrons. The summed E-state index contributed by atoms with van der Waals surface area (Å²) in [6.07, 6.45) is 8.58. The molecule has 94 valence electrons. The summed E-state index contributed by atoms with van der Waals surface area (Å²) in [7, 11) is 0. The molecule has 0 saturated heterocycles. The summed E-state index contributed by atoms with van der Waals surface area (Å²) >= 11 is 0. The van der Waals surface area contributed by atoms with Gasteiger partial charge >= 0.3 is 0 Å². The lowest BCUT2D eigenvalue weighted by atomic mass is 9.72. The molecule has 1 aromatic rings. The van der Waals surface area contributed by atoms with Gasteiger partial charge in [-0.1, -0.05) is 18.2 Å². The summed E-state index contributed by atoms with van der Waals surface area (Å²) in [6.45, 7) is 0. The van der Waals surface area contributed by atoms with E-state index in [1.807, 2.05) is 24.3 Å². The highest BCUT2D eigenvalue weighted by atomic mass is 16.5. The molecule has 18 heavy (non-hydrogen) atoms. The molecule has 3 rings (SSSR count). The van der Waals surface area contributed by atoms with E-state index in [0.717, 1.165) is 43.4 Å². The maximum absolute atomic E-state index is 10.7. The summed E-state index contributed by atoms with van der Waals surface area (Å²) in [5, 5.41) is 0. The van der Waals surface area contributed by atoms with Gasteiger partial charge in [-0.2, -0.15) is 4.99 Å². The average Bonchev–Trinajstić information content (AvgIpc) is 2.29. The number of hydrogen-bond donors (Lipinski definition) is 0. The van der Waals surface area contributed by atoms with Crippen molar-refractivity contribution in [1.29, 1.82) is 0 Å². The molecule has 0 N–H and O–H groups in total. The molecule has 2 aliphatic rings. The Kier molecular flexibility index (Phi) is 2.92. The number of hydrogen-bond acceptors (Lipinski definition) is 3. The molecule has 2 fully saturated rings. The largest absolute Gasteiger partial charge is 0.490 e. The number of ether oxygens (including phenoxy) is 1. The first-order valence-electron chi connectivity index (χ1n) is 6.69. The van der Waals surface area contributed by atoms with Gasteiger partial charge in [-0.25, -0.2) is 4.79 Å².